The first-order valence-electron chi connectivity index (χ1n) is 9.73. The van der Waals surface area contributed by atoms with E-state index in [0.717, 1.165) is 44.6 Å². The molecule has 0 saturated heterocycles. The lowest BCUT2D eigenvalue weighted by Crippen LogP contribution is -2.23. The number of hydrogen-bond acceptors (Lipinski definition) is 7. The number of aliphatic imine (C=N–C) groups is 1. The number of carbonyl (C=O) groups excluding carboxylic acids is 2. The quantitative estimate of drug-likeness (QED) is 0.363. The summed E-state index contributed by atoms with van der Waals surface area (Å²) < 4.78 is 11.6. The molecule has 1 atom stereocenters. The molecule has 3 heterocycles. The summed E-state index contributed by atoms with van der Waals surface area (Å²) >= 11 is 4.63. The van der Waals surface area contributed by atoms with Gasteiger partial charge in [0.2, 0.25) is 0 Å². The zero-order valence-corrected chi connectivity index (χ0v) is 19.2. The smallest absolute Gasteiger partial charge is 0.331 e. The largest absolute Gasteiger partial charge is 0.466 e. The zero-order valence-electron chi connectivity index (χ0n) is 16.8. The molecule has 0 fully saturated rings. The van der Waals surface area contributed by atoms with Crippen LogP contribution in [0, 0.1) is 0 Å². The standard InChI is InChI=1S/C23H16BrN3O4S/c1-30-21(28)12-20-22(29)25-23(32-20)27-17(13-6-4-7-15(24)9-13)11-16(26-27)19-10-14-5-2-3-8-18(14)31-19/h2-10,12,17H,11H2,1H3/b20-12+. The summed E-state index contributed by atoms with van der Waals surface area (Å²) in [4.78, 5) is 28.3. The number of para-hydroxylation sites is 1. The second-order valence-corrected chi connectivity index (χ2v) is 9.07. The van der Waals surface area contributed by atoms with E-state index in [1.54, 1.807) is 5.01 Å². The van der Waals surface area contributed by atoms with Gasteiger partial charge in [0.1, 0.15) is 11.3 Å². The second kappa shape index (κ2) is 8.40. The van der Waals surface area contributed by atoms with Gasteiger partial charge in [-0.1, -0.05) is 46.3 Å². The molecule has 32 heavy (non-hydrogen) atoms. The Balaban J connectivity index is 1.53. The van der Waals surface area contributed by atoms with Crippen LogP contribution in [-0.4, -0.2) is 34.9 Å². The highest BCUT2D eigenvalue weighted by molar-refractivity contribution is 9.10. The highest BCUT2D eigenvalue weighted by Crippen LogP contribution is 2.40. The van der Waals surface area contributed by atoms with Crippen molar-refractivity contribution in [3.63, 3.8) is 0 Å². The number of hydrogen-bond donors (Lipinski definition) is 0. The Bertz CT molecular complexity index is 1310. The number of furan rings is 1. The van der Waals surface area contributed by atoms with Gasteiger partial charge >= 0.3 is 5.97 Å². The monoisotopic (exact) mass is 509 g/mol. The van der Waals surface area contributed by atoms with E-state index in [1.165, 1.54) is 7.11 Å². The third-order valence-electron chi connectivity index (χ3n) is 5.11. The lowest BCUT2D eigenvalue weighted by Gasteiger charge is -2.22. The third kappa shape index (κ3) is 3.89. The average Bonchev–Trinajstić information content (AvgIpc) is 3.50. The Morgan fingerprint density at radius 1 is 1.25 bits per heavy atom. The van der Waals surface area contributed by atoms with E-state index in [1.807, 2.05) is 54.6 Å². The Morgan fingerprint density at radius 2 is 2.09 bits per heavy atom. The first-order chi connectivity index (χ1) is 15.5. The van der Waals surface area contributed by atoms with E-state index < -0.39 is 11.9 Å². The fourth-order valence-electron chi connectivity index (χ4n) is 3.60. The van der Waals surface area contributed by atoms with Gasteiger partial charge in [0.25, 0.3) is 5.91 Å². The van der Waals surface area contributed by atoms with Gasteiger partial charge in [0.15, 0.2) is 10.9 Å². The number of halogens is 1. The van der Waals surface area contributed by atoms with E-state index in [2.05, 4.69) is 25.7 Å². The van der Waals surface area contributed by atoms with Gasteiger partial charge in [0.05, 0.1) is 18.1 Å². The van der Waals surface area contributed by atoms with Gasteiger partial charge < -0.3 is 9.15 Å². The van der Waals surface area contributed by atoms with E-state index in [-0.39, 0.29) is 10.9 Å². The number of carbonyl (C=O) groups is 2. The van der Waals surface area contributed by atoms with Crippen LogP contribution >= 0.6 is 27.7 Å². The molecule has 0 aliphatic carbocycles. The highest BCUT2D eigenvalue weighted by Gasteiger charge is 2.37. The minimum absolute atomic E-state index is 0.188. The molecule has 2 aromatic carbocycles. The van der Waals surface area contributed by atoms with Crippen LogP contribution in [0.4, 0.5) is 0 Å². The van der Waals surface area contributed by atoms with Crippen molar-refractivity contribution in [2.24, 2.45) is 10.1 Å². The van der Waals surface area contributed by atoms with Crippen LogP contribution in [0.1, 0.15) is 23.8 Å². The zero-order chi connectivity index (χ0) is 22.2. The SMILES string of the molecule is COC(=O)/C=C1/SC(N2N=C(c3cc4ccccc4o3)CC2c2cccc(Br)c2)=NC1=O. The van der Waals surface area contributed by atoms with E-state index in [0.29, 0.717) is 17.3 Å². The maximum atomic E-state index is 12.4. The predicted octanol–water partition coefficient (Wildman–Crippen LogP) is 5.03. The number of amides is 1. The number of hydrazone groups is 1. The van der Waals surface area contributed by atoms with E-state index in [4.69, 9.17) is 9.52 Å². The van der Waals surface area contributed by atoms with Gasteiger partial charge in [-0.25, -0.2) is 9.80 Å². The summed E-state index contributed by atoms with van der Waals surface area (Å²) in [5, 5.41) is 7.91. The first kappa shape index (κ1) is 20.7. The summed E-state index contributed by atoms with van der Waals surface area (Å²) in [5.41, 5.74) is 2.55. The summed E-state index contributed by atoms with van der Waals surface area (Å²) in [7, 11) is 1.26. The molecular formula is C23H16BrN3O4S. The second-order valence-electron chi connectivity index (χ2n) is 7.15. The van der Waals surface area contributed by atoms with Crippen LogP contribution in [-0.2, 0) is 14.3 Å². The Labute approximate surface area is 195 Å². The van der Waals surface area contributed by atoms with Gasteiger partial charge in [-0.3, -0.25) is 4.79 Å². The van der Waals surface area contributed by atoms with Crippen molar-refractivity contribution in [1.82, 2.24) is 5.01 Å². The maximum absolute atomic E-state index is 12.4. The lowest BCUT2D eigenvalue weighted by molar-refractivity contribution is -0.135. The van der Waals surface area contributed by atoms with E-state index in [9.17, 15) is 9.59 Å². The molecule has 0 N–H and O–H groups in total. The Hall–Kier alpha value is -3.17. The predicted molar refractivity (Wildman–Crippen MR) is 126 cm³/mol. The van der Waals surface area contributed by atoms with Crippen molar-refractivity contribution in [2.45, 2.75) is 12.5 Å². The number of esters is 1. The normalized spacial score (nSPS) is 19.6. The fourth-order valence-corrected chi connectivity index (χ4v) is 4.89. The van der Waals surface area contributed by atoms with E-state index >= 15 is 0 Å². The molecular weight excluding hydrogens is 494 g/mol. The molecule has 0 saturated carbocycles. The average molecular weight is 510 g/mol. The summed E-state index contributed by atoms with van der Waals surface area (Å²) in [6, 6.07) is 17.5. The lowest BCUT2D eigenvalue weighted by atomic mass is 10.0. The van der Waals surface area contributed by atoms with Crippen LogP contribution < -0.4 is 0 Å². The van der Waals surface area contributed by atoms with Crippen LogP contribution in [0.2, 0.25) is 0 Å². The molecule has 9 heteroatoms. The molecule has 2 aliphatic rings. The first-order valence-corrected chi connectivity index (χ1v) is 11.3. The van der Waals surface area contributed by atoms with Crippen molar-refractivity contribution in [3.8, 4) is 0 Å². The van der Waals surface area contributed by atoms with Crippen molar-refractivity contribution < 1.29 is 18.7 Å². The van der Waals surface area contributed by atoms with Gasteiger partial charge in [-0.15, -0.1) is 0 Å². The number of rotatable bonds is 3. The summed E-state index contributed by atoms with van der Waals surface area (Å²) in [6.07, 6.45) is 1.72. The molecule has 1 aromatic heterocycles. The summed E-state index contributed by atoms with van der Waals surface area (Å²) in [5.74, 6) is -0.418. The number of nitrogens with zero attached hydrogens (tertiary/aromatic N) is 3. The molecule has 2 aliphatic heterocycles. The van der Waals surface area contributed by atoms with Crippen molar-refractivity contribution >= 4 is 61.4 Å². The molecule has 7 nitrogen and oxygen atoms in total. The molecule has 0 bridgehead atoms. The molecule has 1 unspecified atom stereocenters. The number of ether oxygens (including phenoxy) is 1. The topological polar surface area (TPSA) is 84.5 Å². The summed E-state index contributed by atoms with van der Waals surface area (Å²) in [6.45, 7) is 0. The molecule has 0 radical (unpaired) electrons. The number of thioether (sulfide) groups is 1. The van der Waals surface area contributed by atoms with Crippen LogP contribution in [0.25, 0.3) is 11.0 Å². The van der Waals surface area contributed by atoms with Crippen LogP contribution in [0.5, 0.6) is 0 Å². The van der Waals surface area contributed by atoms with Crippen molar-refractivity contribution in [2.75, 3.05) is 7.11 Å². The fraction of sp³-hybridized carbons (Fsp3) is 0.130. The van der Waals surface area contributed by atoms with Crippen LogP contribution in [0.3, 0.4) is 0 Å². The highest BCUT2D eigenvalue weighted by atomic mass is 79.9. The maximum Gasteiger partial charge on any atom is 0.331 e. The third-order valence-corrected chi connectivity index (χ3v) is 6.58. The van der Waals surface area contributed by atoms with Gasteiger partial charge in [-0.05, 0) is 41.6 Å². The van der Waals surface area contributed by atoms with Crippen molar-refractivity contribution in [3.05, 3.63) is 81.4 Å². The molecule has 5 rings (SSSR count). The van der Waals surface area contributed by atoms with Gasteiger partial charge in [-0.2, -0.15) is 10.1 Å². The van der Waals surface area contributed by atoms with Gasteiger partial charge in [0, 0.05) is 22.4 Å². The minimum atomic E-state index is -0.603. The van der Waals surface area contributed by atoms with Crippen molar-refractivity contribution in [1.29, 1.82) is 0 Å². The molecule has 0 spiro atoms. The number of fused-ring (bicyclic) bond motifs is 1. The number of benzene rings is 2. The number of amidine groups is 1. The minimum Gasteiger partial charge on any atom is -0.466 e. The Morgan fingerprint density at radius 3 is 2.88 bits per heavy atom. The van der Waals surface area contributed by atoms with Crippen LogP contribution in [0.15, 0.2) is 84.6 Å². The molecule has 1 amide bonds. The molecule has 160 valence electrons. The number of methoxy groups -OCH3 is 1. The molecule has 3 aromatic rings. The Kier molecular flexibility index (Phi) is 5.44.